The van der Waals surface area contributed by atoms with Crippen LogP contribution in [-0.4, -0.2) is 35.9 Å². The number of aliphatic carboxylic acids is 1. The van der Waals surface area contributed by atoms with Crippen LogP contribution in [0.3, 0.4) is 0 Å². The van der Waals surface area contributed by atoms with Gasteiger partial charge in [-0.1, -0.05) is 0 Å². The Labute approximate surface area is 106 Å². The van der Waals surface area contributed by atoms with Crippen LogP contribution >= 0.6 is 0 Å². The number of ketones is 1. The zero-order chi connectivity index (χ0) is 14.7. The molecule has 0 fully saturated rings. The summed E-state index contributed by atoms with van der Waals surface area (Å²) in [5.74, 6) is -7.24. The lowest BCUT2D eigenvalue weighted by atomic mass is 10.0. The minimum atomic E-state index is -1.62. The van der Waals surface area contributed by atoms with Gasteiger partial charge in [-0.15, -0.1) is 0 Å². The summed E-state index contributed by atoms with van der Waals surface area (Å²) >= 11 is 0. The maximum Gasteiger partial charge on any atom is 0.341 e. The SMILES string of the molecule is CN(C)/C=C(\C(=O)O)C(=O)c1cc(F)cc(F)c1F. The zero-order valence-electron chi connectivity index (χ0n) is 10.1. The molecular weight excluding hydrogens is 263 g/mol. The summed E-state index contributed by atoms with van der Waals surface area (Å²) in [4.78, 5) is 23.9. The summed E-state index contributed by atoms with van der Waals surface area (Å²) in [6, 6.07) is 0.718. The van der Waals surface area contributed by atoms with E-state index >= 15 is 0 Å². The van der Waals surface area contributed by atoms with Crippen molar-refractivity contribution in [1.82, 2.24) is 4.90 Å². The van der Waals surface area contributed by atoms with Gasteiger partial charge in [0.25, 0.3) is 0 Å². The van der Waals surface area contributed by atoms with Crippen molar-refractivity contribution in [3.63, 3.8) is 0 Å². The van der Waals surface area contributed by atoms with Gasteiger partial charge in [0.2, 0.25) is 5.78 Å². The molecule has 0 amide bonds. The zero-order valence-corrected chi connectivity index (χ0v) is 10.1. The van der Waals surface area contributed by atoms with Crippen LogP contribution in [0.2, 0.25) is 0 Å². The number of Topliss-reactive ketones (excluding diaryl/α,β-unsaturated/α-hetero) is 1. The number of halogens is 3. The number of carboxylic acids is 1. The van der Waals surface area contributed by atoms with Crippen molar-refractivity contribution in [3.8, 4) is 0 Å². The molecule has 1 N–H and O–H groups in total. The van der Waals surface area contributed by atoms with Crippen LogP contribution < -0.4 is 0 Å². The molecule has 0 atom stereocenters. The molecule has 0 aliphatic heterocycles. The first-order valence-electron chi connectivity index (χ1n) is 5.04. The summed E-state index contributed by atoms with van der Waals surface area (Å²) in [5.41, 5.74) is -1.76. The van der Waals surface area contributed by atoms with Gasteiger partial charge in [0.05, 0.1) is 5.56 Å². The van der Waals surface area contributed by atoms with Gasteiger partial charge >= 0.3 is 5.97 Å². The van der Waals surface area contributed by atoms with Gasteiger partial charge in [-0.2, -0.15) is 0 Å². The number of nitrogens with zero attached hydrogens (tertiary/aromatic N) is 1. The molecule has 1 aromatic rings. The van der Waals surface area contributed by atoms with E-state index in [4.69, 9.17) is 5.11 Å². The van der Waals surface area contributed by atoms with Crippen molar-refractivity contribution >= 4 is 11.8 Å². The first kappa shape index (κ1) is 14.7. The standard InChI is InChI=1S/C12H10F3NO3/c1-16(2)5-8(12(18)19)11(17)7-3-6(13)4-9(14)10(7)15/h3-5H,1-2H3,(H,18,19)/b8-5-. The molecule has 0 radical (unpaired) electrons. The molecule has 0 saturated carbocycles. The number of carboxylic acid groups (broad SMARTS) is 1. The second-order valence-electron chi connectivity index (χ2n) is 3.89. The molecule has 0 saturated heterocycles. The molecule has 102 valence electrons. The Morgan fingerprint density at radius 1 is 1.21 bits per heavy atom. The first-order valence-corrected chi connectivity index (χ1v) is 5.04. The lowest BCUT2D eigenvalue weighted by molar-refractivity contribution is -0.132. The minimum absolute atomic E-state index is 0.266. The molecule has 0 aliphatic carbocycles. The normalized spacial score (nSPS) is 11.3. The van der Waals surface area contributed by atoms with Crippen molar-refractivity contribution < 1.29 is 27.9 Å². The third-order valence-electron chi connectivity index (χ3n) is 2.10. The number of rotatable bonds is 4. The van der Waals surface area contributed by atoms with Gasteiger partial charge in [0.15, 0.2) is 11.6 Å². The summed E-state index contributed by atoms with van der Waals surface area (Å²) < 4.78 is 39.3. The van der Waals surface area contributed by atoms with E-state index in [2.05, 4.69) is 0 Å². The first-order chi connectivity index (χ1) is 8.73. The van der Waals surface area contributed by atoms with Gasteiger partial charge in [-0.05, 0) is 6.07 Å². The molecule has 0 aromatic heterocycles. The van der Waals surface area contributed by atoms with Crippen molar-refractivity contribution in [2.24, 2.45) is 0 Å². The molecule has 4 nitrogen and oxygen atoms in total. The van der Waals surface area contributed by atoms with E-state index in [1.807, 2.05) is 0 Å². The monoisotopic (exact) mass is 273 g/mol. The number of hydrogen-bond donors (Lipinski definition) is 1. The Bertz CT molecular complexity index is 568. The fourth-order valence-electron chi connectivity index (χ4n) is 1.34. The average Bonchev–Trinajstić information content (AvgIpc) is 2.29. The van der Waals surface area contributed by atoms with Crippen LogP contribution in [0.15, 0.2) is 23.9 Å². The molecular formula is C12H10F3NO3. The molecule has 7 heteroatoms. The van der Waals surface area contributed by atoms with Gasteiger partial charge in [0.1, 0.15) is 11.4 Å². The fourth-order valence-corrected chi connectivity index (χ4v) is 1.34. The minimum Gasteiger partial charge on any atom is -0.477 e. The molecule has 0 bridgehead atoms. The topological polar surface area (TPSA) is 57.6 Å². The Morgan fingerprint density at radius 2 is 1.79 bits per heavy atom. The smallest absolute Gasteiger partial charge is 0.341 e. The lowest BCUT2D eigenvalue weighted by Gasteiger charge is -2.09. The Balaban J connectivity index is 3.37. The van der Waals surface area contributed by atoms with Crippen LogP contribution in [-0.2, 0) is 4.79 Å². The highest BCUT2D eigenvalue weighted by Gasteiger charge is 2.25. The Kier molecular flexibility index (Phi) is 4.31. The summed E-state index contributed by atoms with van der Waals surface area (Å²) in [6.45, 7) is 0. The van der Waals surface area contributed by atoms with Gasteiger partial charge in [0, 0.05) is 26.4 Å². The summed E-state index contributed by atoms with van der Waals surface area (Å²) in [6.07, 6.45) is 0.924. The molecule has 0 aliphatic rings. The van der Waals surface area contributed by atoms with Crippen LogP contribution in [0, 0.1) is 17.5 Å². The molecule has 1 aromatic carbocycles. The lowest BCUT2D eigenvalue weighted by Crippen LogP contribution is -2.18. The second-order valence-corrected chi connectivity index (χ2v) is 3.89. The van der Waals surface area contributed by atoms with Gasteiger partial charge in [-0.3, -0.25) is 4.79 Å². The molecule has 1 rings (SSSR count). The highest BCUT2D eigenvalue weighted by Crippen LogP contribution is 2.18. The highest BCUT2D eigenvalue weighted by atomic mass is 19.2. The van der Waals surface area contributed by atoms with E-state index in [1.54, 1.807) is 0 Å². The summed E-state index contributed by atoms with van der Waals surface area (Å²) in [5, 5.41) is 8.86. The molecule has 19 heavy (non-hydrogen) atoms. The third kappa shape index (κ3) is 3.34. The molecule has 0 heterocycles. The van der Waals surface area contributed by atoms with E-state index in [-0.39, 0.29) is 6.07 Å². The van der Waals surface area contributed by atoms with E-state index in [9.17, 15) is 22.8 Å². The maximum absolute atomic E-state index is 13.4. The predicted octanol–water partition coefficient (Wildman–Crippen LogP) is 1.82. The molecule has 0 unspecified atom stereocenters. The quantitative estimate of drug-likeness (QED) is 0.299. The average molecular weight is 273 g/mol. The van der Waals surface area contributed by atoms with Crippen molar-refractivity contribution in [2.45, 2.75) is 0 Å². The van der Waals surface area contributed by atoms with Crippen LogP contribution in [0.25, 0.3) is 0 Å². The second kappa shape index (κ2) is 5.55. The maximum atomic E-state index is 13.4. The van der Waals surface area contributed by atoms with Crippen molar-refractivity contribution in [3.05, 3.63) is 46.9 Å². The van der Waals surface area contributed by atoms with Crippen LogP contribution in [0.4, 0.5) is 13.2 Å². The highest BCUT2D eigenvalue weighted by molar-refractivity contribution is 6.23. The van der Waals surface area contributed by atoms with Crippen molar-refractivity contribution in [1.29, 1.82) is 0 Å². The fraction of sp³-hybridized carbons (Fsp3) is 0.167. The molecule has 0 spiro atoms. The number of carbonyl (C=O) groups excluding carboxylic acids is 1. The largest absolute Gasteiger partial charge is 0.477 e. The number of carbonyl (C=O) groups is 2. The van der Waals surface area contributed by atoms with Gasteiger partial charge < -0.3 is 10.0 Å². The van der Waals surface area contributed by atoms with E-state index < -0.39 is 40.3 Å². The van der Waals surface area contributed by atoms with E-state index in [1.165, 1.54) is 19.0 Å². The van der Waals surface area contributed by atoms with Crippen LogP contribution in [0.1, 0.15) is 10.4 Å². The van der Waals surface area contributed by atoms with E-state index in [0.29, 0.717) is 6.07 Å². The van der Waals surface area contributed by atoms with Crippen molar-refractivity contribution in [2.75, 3.05) is 14.1 Å². The Morgan fingerprint density at radius 3 is 2.26 bits per heavy atom. The van der Waals surface area contributed by atoms with E-state index in [0.717, 1.165) is 6.20 Å². The Hall–Kier alpha value is -2.31. The summed E-state index contributed by atoms with van der Waals surface area (Å²) in [7, 11) is 2.89. The van der Waals surface area contributed by atoms with Gasteiger partial charge in [-0.25, -0.2) is 18.0 Å². The number of hydrogen-bond acceptors (Lipinski definition) is 3. The predicted molar refractivity (Wildman–Crippen MR) is 60.1 cm³/mol. The number of benzene rings is 1. The van der Waals surface area contributed by atoms with Crippen LogP contribution in [0.5, 0.6) is 0 Å². The third-order valence-corrected chi connectivity index (χ3v) is 2.10.